The Balaban J connectivity index is 1.33. The van der Waals surface area contributed by atoms with Crippen LogP contribution in [0, 0.1) is 16.7 Å². The molecule has 0 radical (unpaired) electrons. The van der Waals surface area contributed by atoms with E-state index in [0.717, 1.165) is 27.7 Å². The van der Waals surface area contributed by atoms with Crippen LogP contribution in [0.15, 0.2) is 102 Å². The van der Waals surface area contributed by atoms with Crippen LogP contribution in [0.4, 0.5) is 0 Å². The third-order valence-corrected chi connectivity index (χ3v) is 15.5. The topological polar surface area (TPSA) is 270 Å². The monoisotopic (exact) mass is 1070 g/mol. The molecule has 77 heavy (non-hydrogen) atoms. The van der Waals surface area contributed by atoms with Gasteiger partial charge in [0, 0.05) is 58.6 Å². The molecule has 3 aromatic rings. The summed E-state index contributed by atoms with van der Waals surface area (Å²) in [7, 11) is 1.34. The maximum absolute atomic E-state index is 16.5. The van der Waals surface area contributed by atoms with Crippen LogP contribution in [0.2, 0.25) is 0 Å². The van der Waals surface area contributed by atoms with Crippen LogP contribution < -0.4 is 5.32 Å². The normalized spacial score (nSPS) is 31.9. The predicted molar refractivity (Wildman–Crippen MR) is 263 cm³/mol. The van der Waals surface area contributed by atoms with Crippen molar-refractivity contribution in [3.8, 4) is 0 Å². The molecule has 3 aliphatic carbocycles. The summed E-state index contributed by atoms with van der Waals surface area (Å²) < 4.78 is 66.7. The highest BCUT2D eigenvalue weighted by atomic mass is 16.8. The molecule has 8 rings (SSSR count). The Kier molecular flexibility index (Phi) is 16.3. The second kappa shape index (κ2) is 22.2. The number of hydrogen-bond donors (Lipinski definition) is 2. The molecule has 2 bridgehead atoms. The van der Waals surface area contributed by atoms with Gasteiger partial charge in [-0.05, 0) is 54.8 Å². The van der Waals surface area contributed by atoms with Crippen LogP contribution in [0.3, 0.4) is 0 Å². The Morgan fingerprint density at radius 3 is 1.91 bits per heavy atom. The summed E-state index contributed by atoms with van der Waals surface area (Å²) in [5.41, 5.74) is -7.84. The van der Waals surface area contributed by atoms with E-state index in [1.807, 2.05) is 0 Å². The number of ether oxygens (including phenoxy) is 11. The van der Waals surface area contributed by atoms with E-state index in [-0.39, 0.29) is 35.3 Å². The van der Waals surface area contributed by atoms with E-state index >= 15 is 9.59 Å². The molecule has 2 saturated carbocycles. The van der Waals surface area contributed by atoms with E-state index in [9.17, 15) is 33.9 Å². The van der Waals surface area contributed by atoms with Gasteiger partial charge in [-0.1, -0.05) is 80.6 Å². The third kappa shape index (κ3) is 10.6. The van der Waals surface area contributed by atoms with E-state index < -0.39 is 150 Å². The average molecular weight is 1070 g/mol. The lowest BCUT2D eigenvalue weighted by Gasteiger charge is -2.68. The smallest absolute Gasteiger partial charge is 0.350 e. The molecule has 14 atom stereocenters. The fourth-order valence-corrected chi connectivity index (χ4v) is 11.8. The summed E-state index contributed by atoms with van der Waals surface area (Å²) >= 11 is 0. The molecule has 0 spiro atoms. The number of fused-ring (bicyclic) bond motifs is 5. The van der Waals surface area contributed by atoms with Crippen LogP contribution in [0.25, 0.3) is 0 Å². The maximum atomic E-state index is 16.5. The molecule has 412 valence electrons. The molecule has 0 aromatic heterocycles. The largest absolute Gasteiger partial charge is 0.455 e. The van der Waals surface area contributed by atoms with Crippen LogP contribution in [-0.2, 0) is 80.9 Å². The first-order valence-corrected chi connectivity index (χ1v) is 25.1. The maximum Gasteiger partial charge on any atom is 0.350 e. The molecule has 21 nitrogen and oxygen atoms in total. The van der Waals surface area contributed by atoms with E-state index in [4.69, 9.17) is 52.1 Å². The van der Waals surface area contributed by atoms with Gasteiger partial charge in [0.2, 0.25) is 12.4 Å². The Hall–Kier alpha value is -6.88. The zero-order valence-corrected chi connectivity index (χ0v) is 44.0. The summed E-state index contributed by atoms with van der Waals surface area (Å²) in [6.45, 7) is 9.77. The number of nitrogens with one attached hydrogen (secondary N) is 1. The molecule has 4 fully saturated rings. The molecule has 2 saturated heterocycles. The fraction of sp³-hybridized carbons (Fsp3) is 0.500. The van der Waals surface area contributed by atoms with Crippen molar-refractivity contribution >= 4 is 47.5 Å². The minimum atomic E-state index is -2.54. The molecule has 2 aliphatic heterocycles. The Labute approximate surface area is 444 Å². The number of carbonyl (C=O) groups excluding carboxylic acids is 8. The highest BCUT2D eigenvalue weighted by Crippen LogP contribution is 2.65. The van der Waals surface area contributed by atoms with Gasteiger partial charge in [0.25, 0.3) is 12.2 Å². The summed E-state index contributed by atoms with van der Waals surface area (Å²) in [6.07, 6.45) is -15.1. The Morgan fingerprint density at radius 2 is 1.35 bits per heavy atom. The van der Waals surface area contributed by atoms with Crippen LogP contribution in [0.1, 0.15) is 101 Å². The lowest BCUT2D eigenvalue weighted by molar-refractivity contribution is -0.396. The van der Waals surface area contributed by atoms with E-state index in [2.05, 4.69) is 5.32 Å². The SMILES string of the molecule is COC1CO[C@@H](O[C@H]2C[C@H]3OC[C@@]3(OC(C)=O)C3C(OC(=O)c4ccccc4)[C@]4(O)C[C@H](OC(=O)[C@H](OC(C)=O)[C@@H](NC(=O)c5ccccc5)c5ccccc5)C(C)=C([C@@H](OC(C)=O)C(=O)[C@@]32C)C4(C)C)C(OC(C)=O)O1. The number of ketones is 1. The van der Waals surface area contributed by atoms with Gasteiger partial charge in [-0.25, -0.2) is 9.59 Å². The molecule has 2 N–H and O–H groups in total. The molecule has 4 unspecified atom stereocenters. The number of carbonyl (C=O) groups is 8. The number of methoxy groups -OCH3 is 1. The van der Waals surface area contributed by atoms with Gasteiger partial charge in [-0.2, -0.15) is 0 Å². The van der Waals surface area contributed by atoms with Crippen molar-refractivity contribution in [3.63, 3.8) is 0 Å². The third-order valence-electron chi connectivity index (χ3n) is 15.5. The van der Waals surface area contributed by atoms with E-state index in [1.165, 1.54) is 33.1 Å². The van der Waals surface area contributed by atoms with Crippen molar-refractivity contribution in [3.05, 3.63) is 119 Å². The van der Waals surface area contributed by atoms with E-state index in [0.29, 0.717) is 5.56 Å². The van der Waals surface area contributed by atoms with E-state index in [1.54, 1.807) is 92.7 Å². The van der Waals surface area contributed by atoms with Gasteiger partial charge in [-0.3, -0.25) is 28.8 Å². The molecule has 21 heteroatoms. The van der Waals surface area contributed by atoms with Crippen LogP contribution in [0.5, 0.6) is 0 Å². The average Bonchev–Trinajstić information content (AvgIpc) is 3.48. The van der Waals surface area contributed by atoms with Gasteiger partial charge in [0.05, 0.1) is 29.6 Å². The predicted octanol–water partition coefficient (Wildman–Crippen LogP) is 4.57. The number of rotatable bonds is 15. The Bertz CT molecular complexity index is 2790. The van der Waals surface area contributed by atoms with Gasteiger partial charge in [-0.15, -0.1) is 0 Å². The molecule has 1 amide bonds. The van der Waals surface area contributed by atoms with Crippen LogP contribution in [-0.4, -0.2) is 140 Å². The summed E-state index contributed by atoms with van der Waals surface area (Å²) in [5, 5.41) is 17.1. The first kappa shape index (κ1) is 56.3. The minimum Gasteiger partial charge on any atom is -0.455 e. The van der Waals surface area contributed by atoms with Gasteiger partial charge < -0.3 is 62.5 Å². The second-order valence-corrected chi connectivity index (χ2v) is 20.5. The van der Waals surface area contributed by atoms with Crippen molar-refractivity contribution in [2.24, 2.45) is 16.7 Å². The lowest BCUT2D eigenvalue weighted by Crippen LogP contribution is -2.82. The number of benzene rings is 3. The fourth-order valence-electron chi connectivity index (χ4n) is 11.8. The Morgan fingerprint density at radius 1 is 0.740 bits per heavy atom. The number of hydrogen-bond acceptors (Lipinski definition) is 20. The van der Waals surface area contributed by atoms with Crippen molar-refractivity contribution in [1.82, 2.24) is 5.32 Å². The summed E-state index contributed by atoms with van der Waals surface area (Å²) in [5.74, 6) is -8.96. The second-order valence-electron chi connectivity index (χ2n) is 20.5. The molecular weight excluding hydrogens is 1010 g/mol. The molecule has 3 aromatic carbocycles. The van der Waals surface area contributed by atoms with Gasteiger partial charge >= 0.3 is 35.8 Å². The van der Waals surface area contributed by atoms with Crippen molar-refractivity contribution < 1.29 is 95.6 Å². The lowest BCUT2D eigenvalue weighted by atomic mass is 9.44. The number of esters is 6. The minimum absolute atomic E-state index is 0.0116. The first-order chi connectivity index (χ1) is 36.5. The number of aliphatic hydroxyl groups is 1. The van der Waals surface area contributed by atoms with Crippen molar-refractivity contribution in [2.75, 3.05) is 20.3 Å². The summed E-state index contributed by atoms with van der Waals surface area (Å²) in [6, 6.07) is 22.7. The molecule has 5 aliphatic rings. The quantitative estimate of drug-likeness (QED) is 0.120. The highest BCUT2D eigenvalue weighted by Gasteiger charge is 2.79. The summed E-state index contributed by atoms with van der Waals surface area (Å²) in [4.78, 5) is 113. The first-order valence-electron chi connectivity index (χ1n) is 25.1. The molecular formula is C56H63NO20. The highest BCUT2D eigenvalue weighted by molar-refractivity contribution is 5.96. The van der Waals surface area contributed by atoms with Crippen molar-refractivity contribution in [2.45, 2.75) is 141 Å². The zero-order valence-electron chi connectivity index (χ0n) is 44.0. The van der Waals surface area contributed by atoms with Crippen LogP contribution >= 0.6 is 0 Å². The van der Waals surface area contributed by atoms with Crippen molar-refractivity contribution in [1.29, 1.82) is 0 Å². The van der Waals surface area contributed by atoms with Gasteiger partial charge in [0.15, 0.2) is 23.8 Å². The standard InChI is InChI=1S/C56H63NO20/c1-29-37(73-50(65)44(71-31(3)59)42(34-19-13-10-14-20-34)57-48(63)35-21-15-11-16-22-35)26-56(66)47(76-49(64)36-23-17-12-18-24-36)45-54(8,46(62)43(70-30(2)58)41(29)53(56,6)7)38(25-39-55(45,28-69-39)77-33(5)61)74-51-52(72-32(4)60)75-40(67-9)27-68-51/h10-24,37-40,42-45,47,51-52,66H,25-28H2,1-9H3,(H,57,63)/t37-,38-,39+,40?,42-,43+,44+,45?,47?,51-,52?,54+,55-,56+/m0/s1. The zero-order chi connectivity index (χ0) is 55.8. The molecule has 2 heterocycles. The van der Waals surface area contributed by atoms with Gasteiger partial charge in [0.1, 0.15) is 36.6 Å². The number of Topliss-reactive ketones (excluding diaryl/α,β-unsaturated/α-hetero) is 1. The number of amides is 1.